The predicted octanol–water partition coefficient (Wildman–Crippen LogP) is 2.66. The third-order valence-corrected chi connectivity index (χ3v) is 5.30. The fourth-order valence-electron chi connectivity index (χ4n) is 3.56. The van der Waals surface area contributed by atoms with E-state index in [0.29, 0.717) is 24.4 Å². The van der Waals surface area contributed by atoms with Crippen LogP contribution in [0.5, 0.6) is 0 Å². The summed E-state index contributed by atoms with van der Waals surface area (Å²) >= 11 is 0. The zero-order valence-corrected chi connectivity index (χ0v) is 16.4. The molecular formula is C21H27N3O4. The van der Waals surface area contributed by atoms with E-state index in [0.717, 1.165) is 48.7 Å². The van der Waals surface area contributed by atoms with Gasteiger partial charge in [-0.05, 0) is 68.9 Å². The van der Waals surface area contributed by atoms with Gasteiger partial charge < -0.3 is 15.2 Å². The Labute approximate surface area is 164 Å². The lowest BCUT2D eigenvalue weighted by Crippen LogP contribution is -2.32. The SMILES string of the molecule is Cc1nn(-c2ccc(C(=O)NCC3CCOCC3)cc2)c(C)c1CCC(=O)O. The minimum Gasteiger partial charge on any atom is -0.481 e. The smallest absolute Gasteiger partial charge is 0.303 e. The number of carbonyl (C=O) groups excluding carboxylic acids is 1. The Morgan fingerprint density at radius 1 is 1.21 bits per heavy atom. The molecule has 1 aliphatic heterocycles. The number of hydrogen-bond acceptors (Lipinski definition) is 4. The maximum absolute atomic E-state index is 12.4. The first-order valence-electron chi connectivity index (χ1n) is 9.69. The Bertz CT molecular complexity index is 836. The molecule has 0 aliphatic carbocycles. The van der Waals surface area contributed by atoms with Gasteiger partial charge in [0.1, 0.15) is 0 Å². The number of aromatic nitrogens is 2. The van der Waals surface area contributed by atoms with Crippen LogP contribution >= 0.6 is 0 Å². The highest BCUT2D eigenvalue weighted by atomic mass is 16.5. The van der Waals surface area contributed by atoms with Crippen molar-refractivity contribution in [3.8, 4) is 5.69 Å². The van der Waals surface area contributed by atoms with E-state index in [4.69, 9.17) is 9.84 Å². The van der Waals surface area contributed by atoms with E-state index in [9.17, 15) is 9.59 Å². The van der Waals surface area contributed by atoms with Gasteiger partial charge in [0.2, 0.25) is 0 Å². The van der Waals surface area contributed by atoms with Gasteiger partial charge in [-0.3, -0.25) is 9.59 Å². The summed E-state index contributed by atoms with van der Waals surface area (Å²) < 4.78 is 7.14. The highest BCUT2D eigenvalue weighted by molar-refractivity contribution is 5.94. The molecule has 7 nitrogen and oxygen atoms in total. The summed E-state index contributed by atoms with van der Waals surface area (Å²) in [6, 6.07) is 7.32. The number of hydrogen-bond donors (Lipinski definition) is 2. The molecule has 150 valence electrons. The summed E-state index contributed by atoms with van der Waals surface area (Å²) in [6.45, 7) is 6.04. The summed E-state index contributed by atoms with van der Waals surface area (Å²) in [5.41, 5.74) is 4.18. The van der Waals surface area contributed by atoms with Gasteiger partial charge in [-0.15, -0.1) is 0 Å². The number of nitrogens with one attached hydrogen (secondary N) is 1. The summed E-state index contributed by atoms with van der Waals surface area (Å²) in [7, 11) is 0. The average Bonchev–Trinajstić information content (AvgIpc) is 2.99. The average molecular weight is 385 g/mol. The van der Waals surface area contributed by atoms with Crippen LogP contribution < -0.4 is 5.32 Å². The summed E-state index contributed by atoms with van der Waals surface area (Å²) in [6.07, 6.45) is 2.52. The molecule has 1 aliphatic rings. The van der Waals surface area contributed by atoms with Gasteiger partial charge in [-0.1, -0.05) is 0 Å². The summed E-state index contributed by atoms with van der Waals surface area (Å²) in [5.74, 6) is -0.410. The molecule has 0 atom stereocenters. The van der Waals surface area contributed by atoms with E-state index in [1.165, 1.54) is 0 Å². The predicted molar refractivity (Wildman–Crippen MR) is 105 cm³/mol. The molecule has 1 saturated heterocycles. The standard InChI is InChI=1S/C21H27N3O4/c1-14-19(7-8-20(25)26)15(2)24(23-14)18-5-3-17(4-6-18)21(27)22-13-16-9-11-28-12-10-16/h3-6,16H,7-13H2,1-2H3,(H,22,27)(H,25,26). The van der Waals surface area contributed by atoms with Crippen LogP contribution in [-0.2, 0) is 16.0 Å². The Kier molecular flexibility index (Phi) is 6.46. The first-order chi connectivity index (χ1) is 13.5. The lowest BCUT2D eigenvalue weighted by Gasteiger charge is -2.22. The van der Waals surface area contributed by atoms with Crippen molar-refractivity contribution in [3.63, 3.8) is 0 Å². The normalized spacial score (nSPS) is 14.8. The van der Waals surface area contributed by atoms with Crippen molar-refractivity contribution >= 4 is 11.9 Å². The van der Waals surface area contributed by atoms with Crippen molar-refractivity contribution in [2.24, 2.45) is 5.92 Å². The number of carboxylic acid groups (broad SMARTS) is 1. The Hall–Kier alpha value is -2.67. The Morgan fingerprint density at radius 3 is 2.54 bits per heavy atom. The van der Waals surface area contributed by atoms with Gasteiger partial charge in [0, 0.05) is 37.4 Å². The lowest BCUT2D eigenvalue weighted by atomic mass is 10.0. The fraction of sp³-hybridized carbons (Fsp3) is 0.476. The molecule has 3 rings (SSSR count). The molecule has 1 aromatic heterocycles. The van der Waals surface area contributed by atoms with Crippen LogP contribution in [0.25, 0.3) is 5.69 Å². The second-order valence-corrected chi connectivity index (χ2v) is 7.27. The molecule has 0 radical (unpaired) electrons. The molecule has 2 aromatic rings. The van der Waals surface area contributed by atoms with Crippen LogP contribution in [0.2, 0.25) is 0 Å². The van der Waals surface area contributed by atoms with Crippen LogP contribution in [0, 0.1) is 19.8 Å². The maximum Gasteiger partial charge on any atom is 0.303 e. The van der Waals surface area contributed by atoms with Gasteiger partial charge in [0.25, 0.3) is 5.91 Å². The number of nitrogens with zero attached hydrogens (tertiary/aromatic N) is 2. The molecule has 0 saturated carbocycles. The van der Waals surface area contributed by atoms with Crippen molar-refractivity contribution in [1.82, 2.24) is 15.1 Å². The van der Waals surface area contributed by atoms with Crippen LogP contribution in [0.15, 0.2) is 24.3 Å². The van der Waals surface area contributed by atoms with Crippen LogP contribution in [0.4, 0.5) is 0 Å². The zero-order chi connectivity index (χ0) is 20.1. The summed E-state index contributed by atoms with van der Waals surface area (Å²) in [4.78, 5) is 23.2. The molecule has 1 fully saturated rings. The molecule has 0 spiro atoms. The second kappa shape index (κ2) is 9.01. The number of rotatable bonds is 7. The van der Waals surface area contributed by atoms with Crippen LogP contribution in [0.3, 0.4) is 0 Å². The van der Waals surface area contributed by atoms with Crippen molar-refractivity contribution < 1.29 is 19.4 Å². The first-order valence-corrected chi connectivity index (χ1v) is 9.69. The van der Waals surface area contributed by atoms with Gasteiger partial charge in [0.15, 0.2) is 0 Å². The largest absolute Gasteiger partial charge is 0.481 e. The van der Waals surface area contributed by atoms with E-state index < -0.39 is 5.97 Å². The number of carbonyl (C=O) groups is 2. The van der Waals surface area contributed by atoms with Crippen LogP contribution in [-0.4, -0.2) is 46.5 Å². The Morgan fingerprint density at radius 2 is 1.89 bits per heavy atom. The first kappa shape index (κ1) is 20.1. The minimum absolute atomic E-state index is 0.0754. The van der Waals surface area contributed by atoms with E-state index in [-0.39, 0.29) is 12.3 Å². The second-order valence-electron chi connectivity index (χ2n) is 7.27. The fourth-order valence-corrected chi connectivity index (χ4v) is 3.56. The number of amides is 1. The number of benzene rings is 1. The molecule has 7 heteroatoms. The molecule has 1 amide bonds. The third kappa shape index (κ3) is 4.78. The highest BCUT2D eigenvalue weighted by Crippen LogP contribution is 2.20. The number of aryl methyl sites for hydroxylation is 1. The molecule has 2 N–H and O–H groups in total. The van der Waals surface area contributed by atoms with Crippen LogP contribution in [0.1, 0.15) is 46.6 Å². The number of aliphatic carboxylic acids is 1. The molecule has 1 aromatic carbocycles. The van der Waals surface area contributed by atoms with Crippen molar-refractivity contribution in [2.45, 2.75) is 39.5 Å². The Balaban J connectivity index is 1.66. The van der Waals surface area contributed by atoms with Gasteiger partial charge in [-0.2, -0.15) is 5.10 Å². The molecule has 2 heterocycles. The lowest BCUT2D eigenvalue weighted by molar-refractivity contribution is -0.136. The van der Waals surface area contributed by atoms with Crippen molar-refractivity contribution in [1.29, 1.82) is 0 Å². The quantitative estimate of drug-likeness (QED) is 0.764. The topological polar surface area (TPSA) is 93.5 Å². The van der Waals surface area contributed by atoms with E-state index in [2.05, 4.69) is 10.4 Å². The molecule has 28 heavy (non-hydrogen) atoms. The number of carboxylic acids is 1. The van der Waals surface area contributed by atoms with Crippen molar-refractivity contribution in [2.75, 3.05) is 19.8 Å². The number of ether oxygens (including phenoxy) is 1. The maximum atomic E-state index is 12.4. The van der Waals surface area contributed by atoms with E-state index in [1.54, 1.807) is 16.8 Å². The van der Waals surface area contributed by atoms with Crippen molar-refractivity contribution in [3.05, 3.63) is 46.8 Å². The van der Waals surface area contributed by atoms with Gasteiger partial charge >= 0.3 is 5.97 Å². The highest BCUT2D eigenvalue weighted by Gasteiger charge is 2.16. The molecule has 0 unspecified atom stereocenters. The molecule has 0 bridgehead atoms. The summed E-state index contributed by atoms with van der Waals surface area (Å²) in [5, 5.41) is 16.5. The van der Waals surface area contributed by atoms with Gasteiger partial charge in [0.05, 0.1) is 11.4 Å². The van der Waals surface area contributed by atoms with Gasteiger partial charge in [-0.25, -0.2) is 4.68 Å². The third-order valence-electron chi connectivity index (χ3n) is 5.30. The van der Waals surface area contributed by atoms with E-state index in [1.807, 2.05) is 26.0 Å². The monoisotopic (exact) mass is 385 g/mol. The van der Waals surface area contributed by atoms with E-state index >= 15 is 0 Å². The minimum atomic E-state index is -0.817. The molecular weight excluding hydrogens is 358 g/mol. The zero-order valence-electron chi connectivity index (χ0n) is 16.4.